The van der Waals surface area contributed by atoms with E-state index in [1.165, 1.54) is 12.1 Å². The van der Waals surface area contributed by atoms with Gasteiger partial charge in [0.2, 0.25) is 0 Å². The van der Waals surface area contributed by atoms with Crippen LogP contribution in [0.15, 0.2) is 36.5 Å². The predicted octanol–water partition coefficient (Wildman–Crippen LogP) is 3.40. The third-order valence-electron chi connectivity index (χ3n) is 3.21. The van der Waals surface area contributed by atoms with Gasteiger partial charge in [-0.25, -0.2) is 14.4 Å². The third kappa shape index (κ3) is 2.01. The maximum Gasteiger partial charge on any atom is 0.142 e. The largest absolute Gasteiger partial charge is 0.384 e. The van der Waals surface area contributed by atoms with E-state index in [0.717, 1.165) is 16.9 Å². The molecule has 0 fully saturated rings. The number of rotatable bonds is 2. The van der Waals surface area contributed by atoms with E-state index in [9.17, 15) is 4.39 Å². The molecule has 20 heavy (non-hydrogen) atoms. The van der Waals surface area contributed by atoms with E-state index >= 15 is 0 Å². The maximum atomic E-state index is 13.4. The van der Waals surface area contributed by atoms with Crippen molar-refractivity contribution in [1.29, 1.82) is 0 Å². The van der Waals surface area contributed by atoms with Gasteiger partial charge in [-0.3, -0.25) is 0 Å². The molecule has 0 saturated carbocycles. The molecule has 0 aliphatic rings. The van der Waals surface area contributed by atoms with Crippen LogP contribution in [0.5, 0.6) is 0 Å². The first-order chi connectivity index (χ1) is 9.56. The summed E-state index contributed by atoms with van der Waals surface area (Å²) >= 11 is 0. The standard InChI is InChI=1S/C15H15FN4/c1-9(2)20-13-5-4-11(16)7-12(13)19-15(20)10-3-6-14(17)18-8-10/h3-9H,1-2H3,(H2,17,18). The molecule has 0 atom stereocenters. The lowest BCUT2D eigenvalue weighted by Crippen LogP contribution is -2.03. The summed E-state index contributed by atoms with van der Waals surface area (Å²) in [4.78, 5) is 8.63. The maximum absolute atomic E-state index is 13.4. The molecule has 0 unspecified atom stereocenters. The highest BCUT2D eigenvalue weighted by Crippen LogP contribution is 2.28. The summed E-state index contributed by atoms with van der Waals surface area (Å²) < 4.78 is 15.4. The molecule has 4 nitrogen and oxygen atoms in total. The van der Waals surface area contributed by atoms with Crippen LogP contribution >= 0.6 is 0 Å². The average Bonchev–Trinajstić information content (AvgIpc) is 2.77. The summed E-state index contributed by atoms with van der Waals surface area (Å²) in [5, 5.41) is 0. The second-order valence-corrected chi connectivity index (χ2v) is 5.00. The fourth-order valence-corrected chi connectivity index (χ4v) is 2.34. The number of anilines is 1. The van der Waals surface area contributed by atoms with Crippen molar-refractivity contribution in [3.63, 3.8) is 0 Å². The van der Waals surface area contributed by atoms with Crippen LogP contribution in [0.1, 0.15) is 19.9 Å². The van der Waals surface area contributed by atoms with Crippen molar-refractivity contribution in [2.24, 2.45) is 0 Å². The molecule has 0 aliphatic carbocycles. The van der Waals surface area contributed by atoms with Crippen LogP contribution in [-0.2, 0) is 0 Å². The van der Waals surface area contributed by atoms with Crippen molar-refractivity contribution in [1.82, 2.24) is 14.5 Å². The quantitative estimate of drug-likeness (QED) is 0.776. The van der Waals surface area contributed by atoms with Crippen LogP contribution in [0.4, 0.5) is 10.2 Å². The van der Waals surface area contributed by atoms with E-state index in [0.29, 0.717) is 11.3 Å². The Morgan fingerprint density at radius 1 is 1.20 bits per heavy atom. The molecular formula is C15H15FN4. The van der Waals surface area contributed by atoms with Crippen molar-refractivity contribution in [2.45, 2.75) is 19.9 Å². The normalized spacial score (nSPS) is 11.4. The van der Waals surface area contributed by atoms with Gasteiger partial charge in [-0.1, -0.05) is 0 Å². The third-order valence-corrected chi connectivity index (χ3v) is 3.21. The minimum atomic E-state index is -0.284. The van der Waals surface area contributed by atoms with E-state index in [1.807, 2.05) is 6.07 Å². The topological polar surface area (TPSA) is 56.7 Å². The summed E-state index contributed by atoms with van der Waals surface area (Å²) in [5.41, 5.74) is 8.03. The van der Waals surface area contributed by atoms with Crippen LogP contribution < -0.4 is 5.73 Å². The van der Waals surface area contributed by atoms with Crippen molar-refractivity contribution < 1.29 is 4.39 Å². The van der Waals surface area contributed by atoms with Gasteiger partial charge in [-0.15, -0.1) is 0 Å². The lowest BCUT2D eigenvalue weighted by Gasteiger charge is -2.13. The minimum absolute atomic E-state index is 0.206. The molecule has 1 aromatic carbocycles. The summed E-state index contributed by atoms with van der Waals surface area (Å²) in [6.45, 7) is 4.14. The van der Waals surface area contributed by atoms with Gasteiger partial charge in [-0.05, 0) is 38.1 Å². The molecule has 3 rings (SSSR count). The number of nitrogens with zero attached hydrogens (tertiary/aromatic N) is 3. The molecule has 0 bridgehead atoms. The van der Waals surface area contributed by atoms with Crippen LogP contribution in [0, 0.1) is 5.82 Å². The van der Waals surface area contributed by atoms with Gasteiger partial charge in [-0.2, -0.15) is 0 Å². The van der Waals surface area contributed by atoms with Crippen molar-refractivity contribution >= 4 is 16.9 Å². The zero-order valence-electron chi connectivity index (χ0n) is 11.3. The lowest BCUT2D eigenvalue weighted by molar-refractivity contribution is 0.620. The summed E-state index contributed by atoms with van der Waals surface area (Å²) in [7, 11) is 0. The van der Waals surface area contributed by atoms with E-state index in [2.05, 4.69) is 28.4 Å². The van der Waals surface area contributed by atoms with Gasteiger partial charge < -0.3 is 10.3 Å². The van der Waals surface area contributed by atoms with Gasteiger partial charge in [0.1, 0.15) is 17.5 Å². The first kappa shape index (κ1) is 12.6. The Bertz CT molecular complexity index is 759. The Balaban J connectivity index is 2.28. The molecule has 2 heterocycles. The average molecular weight is 270 g/mol. The molecule has 0 aliphatic heterocycles. The summed E-state index contributed by atoms with van der Waals surface area (Å²) in [5.74, 6) is 0.952. The number of aromatic nitrogens is 3. The van der Waals surface area contributed by atoms with E-state index in [1.54, 1.807) is 18.3 Å². The van der Waals surface area contributed by atoms with Gasteiger partial charge in [0, 0.05) is 23.9 Å². The zero-order valence-corrected chi connectivity index (χ0v) is 11.3. The van der Waals surface area contributed by atoms with E-state index in [4.69, 9.17) is 5.73 Å². The lowest BCUT2D eigenvalue weighted by atomic mass is 10.2. The summed E-state index contributed by atoms with van der Waals surface area (Å²) in [6, 6.07) is 8.47. The second-order valence-electron chi connectivity index (χ2n) is 5.00. The molecule has 2 aromatic heterocycles. The monoisotopic (exact) mass is 270 g/mol. The van der Waals surface area contributed by atoms with Gasteiger partial charge in [0.15, 0.2) is 0 Å². The number of imidazole rings is 1. The number of hydrogen-bond acceptors (Lipinski definition) is 3. The molecule has 0 saturated heterocycles. The smallest absolute Gasteiger partial charge is 0.142 e. The number of halogens is 1. The Labute approximate surface area is 116 Å². The van der Waals surface area contributed by atoms with Crippen LogP contribution in [0.2, 0.25) is 0 Å². The van der Waals surface area contributed by atoms with Gasteiger partial charge in [0.05, 0.1) is 11.0 Å². The number of hydrogen-bond donors (Lipinski definition) is 1. The van der Waals surface area contributed by atoms with Crippen LogP contribution in [0.25, 0.3) is 22.4 Å². The van der Waals surface area contributed by atoms with Crippen LogP contribution in [0.3, 0.4) is 0 Å². The molecule has 2 N–H and O–H groups in total. The highest BCUT2D eigenvalue weighted by molar-refractivity contribution is 5.81. The number of nitrogen functional groups attached to an aromatic ring is 1. The van der Waals surface area contributed by atoms with E-state index in [-0.39, 0.29) is 11.9 Å². The van der Waals surface area contributed by atoms with E-state index < -0.39 is 0 Å². The number of fused-ring (bicyclic) bond motifs is 1. The molecule has 0 radical (unpaired) electrons. The molecular weight excluding hydrogens is 255 g/mol. The molecule has 0 amide bonds. The Morgan fingerprint density at radius 2 is 2.00 bits per heavy atom. The molecule has 3 aromatic rings. The second kappa shape index (κ2) is 4.59. The van der Waals surface area contributed by atoms with Crippen LogP contribution in [-0.4, -0.2) is 14.5 Å². The van der Waals surface area contributed by atoms with Gasteiger partial charge >= 0.3 is 0 Å². The van der Waals surface area contributed by atoms with Crippen molar-refractivity contribution in [3.8, 4) is 11.4 Å². The Kier molecular flexibility index (Phi) is 2.89. The fraction of sp³-hybridized carbons (Fsp3) is 0.200. The SMILES string of the molecule is CC(C)n1c(-c2ccc(N)nc2)nc2cc(F)ccc21. The Hall–Kier alpha value is -2.43. The molecule has 5 heteroatoms. The first-order valence-electron chi connectivity index (χ1n) is 6.45. The predicted molar refractivity (Wildman–Crippen MR) is 77.7 cm³/mol. The van der Waals surface area contributed by atoms with Crippen molar-refractivity contribution in [3.05, 3.63) is 42.3 Å². The number of benzene rings is 1. The summed E-state index contributed by atoms with van der Waals surface area (Å²) in [6.07, 6.45) is 1.69. The van der Waals surface area contributed by atoms with Gasteiger partial charge in [0.25, 0.3) is 0 Å². The van der Waals surface area contributed by atoms with Crippen molar-refractivity contribution in [2.75, 3.05) is 5.73 Å². The Morgan fingerprint density at radius 3 is 2.65 bits per heavy atom. The first-order valence-corrected chi connectivity index (χ1v) is 6.45. The number of nitrogens with two attached hydrogens (primary N) is 1. The molecule has 102 valence electrons. The zero-order chi connectivity index (χ0) is 14.3. The minimum Gasteiger partial charge on any atom is -0.384 e. The number of pyridine rings is 1. The fourth-order valence-electron chi connectivity index (χ4n) is 2.34. The highest BCUT2D eigenvalue weighted by atomic mass is 19.1. The highest BCUT2D eigenvalue weighted by Gasteiger charge is 2.15. The molecule has 0 spiro atoms.